The Kier molecular flexibility index (Phi) is 6.98. The fourth-order valence-electron chi connectivity index (χ4n) is 3.69. The number of carbonyl (C=O) groups excluding carboxylic acids is 3. The van der Waals surface area contributed by atoms with Gasteiger partial charge in [-0.25, -0.2) is 9.67 Å². The van der Waals surface area contributed by atoms with E-state index in [0.717, 1.165) is 5.56 Å². The van der Waals surface area contributed by atoms with Gasteiger partial charge in [0.2, 0.25) is 11.8 Å². The van der Waals surface area contributed by atoms with Gasteiger partial charge in [0.15, 0.2) is 5.82 Å². The summed E-state index contributed by atoms with van der Waals surface area (Å²) < 4.78 is 6.62. The minimum atomic E-state index is -0.342. The van der Waals surface area contributed by atoms with Gasteiger partial charge in [-0.15, -0.1) is 0 Å². The first kappa shape index (κ1) is 23.1. The first-order chi connectivity index (χ1) is 16.5. The molecule has 1 aromatic carbocycles. The summed E-state index contributed by atoms with van der Waals surface area (Å²) in [4.78, 5) is 48.0. The van der Waals surface area contributed by atoms with E-state index in [9.17, 15) is 14.4 Å². The number of aromatic nitrogens is 3. The summed E-state index contributed by atoms with van der Waals surface area (Å²) in [6.45, 7) is 0.828. The maximum atomic E-state index is 13.4. The largest absolute Gasteiger partial charge is 0.383 e. The standard InChI is InChI=1S/C24H26N6O4/c1-27(12-13-34-2)22(31)16-28-15-19-6-3-4-7-20(19)29(17-23(28)32)24(33)18-8-9-21(25-14-18)30-11-5-10-26-30/h3-11,14H,12-13,15-17H2,1-2H3. The Morgan fingerprint density at radius 3 is 2.65 bits per heavy atom. The highest BCUT2D eigenvalue weighted by Gasteiger charge is 2.31. The normalized spacial score (nSPS) is 13.4. The molecule has 3 heterocycles. The van der Waals surface area contributed by atoms with Gasteiger partial charge in [-0.2, -0.15) is 5.10 Å². The summed E-state index contributed by atoms with van der Waals surface area (Å²) in [5.41, 5.74) is 1.78. The summed E-state index contributed by atoms with van der Waals surface area (Å²) >= 11 is 0. The van der Waals surface area contributed by atoms with Crippen molar-refractivity contribution in [3.05, 3.63) is 72.2 Å². The lowest BCUT2D eigenvalue weighted by Crippen LogP contribution is -2.45. The molecule has 0 atom stereocenters. The topological polar surface area (TPSA) is 101 Å². The number of carbonyl (C=O) groups is 3. The molecule has 1 aliphatic rings. The van der Waals surface area contributed by atoms with Crippen molar-refractivity contribution in [2.24, 2.45) is 0 Å². The Hall–Kier alpha value is -4.05. The predicted molar refractivity (Wildman–Crippen MR) is 124 cm³/mol. The highest BCUT2D eigenvalue weighted by molar-refractivity contribution is 6.09. The number of ether oxygens (including phenoxy) is 1. The average molecular weight is 463 g/mol. The number of para-hydroxylation sites is 1. The molecule has 176 valence electrons. The quantitative estimate of drug-likeness (QED) is 0.526. The first-order valence-electron chi connectivity index (χ1n) is 10.8. The monoisotopic (exact) mass is 462 g/mol. The molecule has 1 aliphatic heterocycles. The third kappa shape index (κ3) is 4.96. The smallest absolute Gasteiger partial charge is 0.260 e. The number of likely N-dealkylation sites (N-methyl/N-ethyl adjacent to an activating group) is 1. The number of hydrogen-bond donors (Lipinski definition) is 0. The van der Waals surface area contributed by atoms with E-state index in [4.69, 9.17) is 4.74 Å². The van der Waals surface area contributed by atoms with E-state index >= 15 is 0 Å². The molecule has 2 aromatic heterocycles. The van der Waals surface area contributed by atoms with Crippen molar-refractivity contribution in [1.29, 1.82) is 0 Å². The van der Waals surface area contributed by atoms with Gasteiger partial charge in [0.05, 0.1) is 12.2 Å². The van der Waals surface area contributed by atoms with E-state index in [1.54, 1.807) is 49.4 Å². The van der Waals surface area contributed by atoms with Crippen LogP contribution >= 0.6 is 0 Å². The number of methoxy groups -OCH3 is 1. The minimum Gasteiger partial charge on any atom is -0.383 e. The molecule has 0 unspecified atom stereocenters. The summed E-state index contributed by atoms with van der Waals surface area (Å²) in [6.07, 6.45) is 4.88. The van der Waals surface area contributed by atoms with E-state index in [2.05, 4.69) is 10.1 Å². The van der Waals surface area contributed by atoms with Crippen molar-refractivity contribution >= 4 is 23.4 Å². The fraction of sp³-hybridized carbons (Fsp3) is 0.292. The lowest BCUT2D eigenvalue weighted by atomic mass is 10.1. The molecule has 0 spiro atoms. The van der Waals surface area contributed by atoms with Crippen LogP contribution in [-0.2, 0) is 20.9 Å². The second-order valence-electron chi connectivity index (χ2n) is 7.93. The maximum Gasteiger partial charge on any atom is 0.260 e. The van der Waals surface area contributed by atoms with Crippen LogP contribution in [0.2, 0.25) is 0 Å². The number of pyridine rings is 1. The molecule has 0 N–H and O–H groups in total. The van der Waals surface area contributed by atoms with Gasteiger partial charge in [0, 0.05) is 51.5 Å². The van der Waals surface area contributed by atoms with E-state index in [1.807, 2.05) is 24.3 Å². The van der Waals surface area contributed by atoms with E-state index in [-0.39, 0.29) is 37.4 Å². The number of benzene rings is 1. The SMILES string of the molecule is COCCN(C)C(=O)CN1Cc2ccccc2N(C(=O)c2ccc(-n3cccn3)nc2)CC1=O. The molecule has 0 saturated heterocycles. The van der Waals surface area contributed by atoms with E-state index in [0.29, 0.717) is 30.2 Å². The number of amides is 3. The van der Waals surface area contributed by atoms with Crippen LogP contribution < -0.4 is 4.90 Å². The van der Waals surface area contributed by atoms with Crippen molar-refractivity contribution in [2.75, 3.05) is 45.3 Å². The van der Waals surface area contributed by atoms with Crippen LogP contribution in [0.15, 0.2) is 61.1 Å². The molecule has 3 amide bonds. The molecule has 34 heavy (non-hydrogen) atoms. The summed E-state index contributed by atoms with van der Waals surface area (Å²) in [5, 5.41) is 4.13. The van der Waals surface area contributed by atoms with Crippen LogP contribution in [0.25, 0.3) is 5.82 Å². The third-order valence-corrected chi connectivity index (χ3v) is 5.65. The Balaban J connectivity index is 1.55. The van der Waals surface area contributed by atoms with Crippen molar-refractivity contribution < 1.29 is 19.1 Å². The number of nitrogens with zero attached hydrogens (tertiary/aromatic N) is 6. The Labute approximate surface area is 197 Å². The predicted octanol–water partition coefficient (Wildman–Crippen LogP) is 1.36. The minimum absolute atomic E-state index is 0.0739. The number of hydrogen-bond acceptors (Lipinski definition) is 6. The van der Waals surface area contributed by atoms with Crippen molar-refractivity contribution in [3.8, 4) is 5.82 Å². The maximum absolute atomic E-state index is 13.4. The van der Waals surface area contributed by atoms with Gasteiger partial charge in [-0.1, -0.05) is 18.2 Å². The Morgan fingerprint density at radius 2 is 1.94 bits per heavy atom. The molecule has 0 saturated carbocycles. The van der Waals surface area contributed by atoms with Gasteiger partial charge < -0.3 is 14.5 Å². The van der Waals surface area contributed by atoms with Crippen LogP contribution in [-0.4, -0.2) is 82.7 Å². The number of rotatable bonds is 7. The van der Waals surface area contributed by atoms with Gasteiger partial charge >= 0.3 is 0 Å². The average Bonchev–Trinajstić information content (AvgIpc) is 3.36. The summed E-state index contributed by atoms with van der Waals surface area (Å²) in [5.74, 6) is -0.262. The molecule has 0 fully saturated rings. The lowest BCUT2D eigenvalue weighted by molar-refractivity contribution is -0.139. The van der Waals surface area contributed by atoms with Crippen molar-refractivity contribution in [2.45, 2.75) is 6.54 Å². The summed E-state index contributed by atoms with van der Waals surface area (Å²) in [6, 6.07) is 12.5. The van der Waals surface area contributed by atoms with Crippen LogP contribution in [0.4, 0.5) is 5.69 Å². The molecule has 10 nitrogen and oxygen atoms in total. The fourth-order valence-corrected chi connectivity index (χ4v) is 3.69. The molecule has 3 aromatic rings. The van der Waals surface area contributed by atoms with Crippen molar-refractivity contribution in [3.63, 3.8) is 0 Å². The molecule has 0 bridgehead atoms. The van der Waals surface area contributed by atoms with Gasteiger partial charge in [0.1, 0.15) is 13.1 Å². The molecule has 10 heteroatoms. The molecule has 0 radical (unpaired) electrons. The van der Waals surface area contributed by atoms with Crippen molar-refractivity contribution in [1.82, 2.24) is 24.6 Å². The second kappa shape index (κ2) is 10.3. The second-order valence-corrected chi connectivity index (χ2v) is 7.93. The third-order valence-electron chi connectivity index (χ3n) is 5.65. The van der Waals surface area contributed by atoms with Gasteiger partial charge in [-0.05, 0) is 29.8 Å². The zero-order valence-electron chi connectivity index (χ0n) is 19.1. The van der Waals surface area contributed by atoms with Gasteiger partial charge in [0.25, 0.3) is 5.91 Å². The molecular formula is C24H26N6O4. The zero-order chi connectivity index (χ0) is 24.1. The Morgan fingerprint density at radius 1 is 1.12 bits per heavy atom. The van der Waals surface area contributed by atoms with Crippen LogP contribution in [0.5, 0.6) is 0 Å². The van der Waals surface area contributed by atoms with Crippen LogP contribution in [0.1, 0.15) is 15.9 Å². The van der Waals surface area contributed by atoms with E-state index < -0.39 is 0 Å². The summed E-state index contributed by atoms with van der Waals surface area (Å²) in [7, 11) is 3.24. The molecule has 0 aliphatic carbocycles. The number of fused-ring (bicyclic) bond motifs is 1. The molecule has 4 rings (SSSR count). The number of anilines is 1. The Bertz CT molecular complexity index is 1160. The highest BCUT2D eigenvalue weighted by atomic mass is 16.5. The van der Waals surface area contributed by atoms with Crippen LogP contribution in [0.3, 0.4) is 0 Å². The lowest BCUT2D eigenvalue weighted by Gasteiger charge is -2.24. The highest BCUT2D eigenvalue weighted by Crippen LogP contribution is 2.27. The first-order valence-corrected chi connectivity index (χ1v) is 10.8. The van der Waals surface area contributed by atoms with Crippen LogP contribution in [0, 0.1) is 0 Å². The van der Waals surface area contributed by atoms with Gasteiger partial charge in [-0.3, -0.25) is 19.3 Å². The zero-order valence-corrected chi connectivity index (χ0v) is 19.1. The van der Waals surface area contributed by atoms with E-state index in [1.165, 1.54) is 20.9 Å². The molecular weight excluding hydrogens is 436 g/mol.